The predicted molar refractivity (Wildman–Crippen MR) is 93.2 cm³/mol. The molecule has 6 heteroatoms. The van der Waals surface area contributed by atoms with Crippen molar-refractivity contribution in [3.63, 3.8) is 0 Å². The highest BCUT2D eigenvalue weighted by atomic mass is 19.3. The Morgan fingerprint density at radius 2 is 2.08 bits per heavy atom. The number of allylic oxidation sites excluding steroid dienone is 1. The molecule has 0 amide bonds. The molecule has 138 valence electrons. The Balaban J connectivity index is 1.88. The van der Waals surface area contributed by atoms with Crippen LogP contribution in [0.1, 0.15) is 39.5 Å². The average Bonchev–Trinajstić information content (AvgIpc) is 2.95. The fraction of sp³-hybridized carbons (Fsp3) is 0.778. The molecule has 2 aliphatic rings. The summed E-state index contributed by atoms with van der Waals surface area (Å²) in [6, 6.07) is 0.587. The summed E-state index contributed by atoms with van der Waals surface area (Å²) in [4.78, 5) is 2.52. The number of hydrogen-bond acceptors (Lipinski definition) is 4. The van der Waals surface area contributed by atoms with Gasteiger partial charge in [0, 0.05) is 39.1 Å². The molecule has 0 bridgehead atoms. The molecule has 0 radical (unpaired) electrons. The van der Waals surface area contributed by atoms with Gasteiger partial charge in [0.1, 0.15) is 0 Å². The van der Waals surface area contributed by atoms with Crippen LogP contribution in [0.25, 0.3) is 0 Å². The maximum atomic E-state index is 12.9. The molecule has 2 fully saturated rings. The van der Waals surface area contributed by atoms with Crippen LogP contribution in [0.5, 0.6) is 0 Å². The lowest BCUT2D eigenvalue weighted by atomic mass is 10.1. The fourth-order valence-electron chi connectivity index (χ4n) is 3.38. The number of nitrogens with zero attached hydrogens (tertiary/aromatic N) is 1. The van der Waals surface area contributed by atoms with E-state index in [9.17, 15) is 13.9 Å². The second kappa shape index (κ2) is 9.04. The van der Waals surface area contributed by atoms with Gasteiger partial charge in [0.05, 0.1) is 0 Å². The SMILES string of the molecule is CC/C=C1/CN(C2CCCNC2)C/C1=C/CCNC(O)C(C)(F)F. The third kappa shape index (κ3) is 5.62. The van der Waals surface area contributed by atoms with Crippen molar-refractivity contribution in [2.45, 2.75) is 57.7 Å². The zero-order valence-corrected chi connectivity index (χ0v) is 14.8. The average molecular weight is 343 g/mol. The van der Waals surface area contributed by atoms with E-state index in [1.165, 1.54) is 24.0 Å². The van der Waals surface area contributed by atoms with Gasteiger partial charge in [-0.3, -0.25) is 10.2 Å². The Labute approximate surface area is 144 Å². The van der Waals surface area contributed by atoms with Crippen LogP contribution in [-0.4, -0.2) is 60.9 Å². The van der Waals surface area contributed by atoms with Gasteiger partial charge < -0.3 is 10.4 Å². The van der Waals surface area contributed by atoms with Crippen LogP contribution < -0.4 is 10.6 Å². The third-order valence-electron chi connectivity index (χ3n) is 4.75. The van der Waals surface area contributed by atoms with Gasteiger partial charge in [0.2, 0.25) is 0 Å². The standard InChI is InChI=1S/C18H31F2N3O/c1-3-6-14-12-23(16-8-5-9-21-11-16)13-15(14)7-4-10-22-17(24)18(2,19)20/h6-7,16-17,21-22,24H,3-5,8-13H2,1-2H3/b14-6-,15-7-. The van der Waals surface area contributed by atoms with Crippen LogP contribution in [0.15, 0.2) is 23.3 Å². The number of alkyl halides is 2. The van der Waals surface area contributed by atoms with Crippen molar-refractivity contribution < 1.29 is 13.9 Å². The van der Waals surface area contributed by atoms with E-state index >= 15 is 0 Å². The number of halogens is 2. The van der Waals surface area contributed by atoms with Crippen molar-refractivity contribution in [1.82, 2.24) is 15.5 Å². The first kappa shape index (κ1) is 19.5. The lowest BCUT2D eigenvalue weighted by molar-refractivity contribution is -0.107. The minimum absolute atomic E-state index is 0.346. The van der Waals surface area contributed by atoms with E-state index in [0.29, 0.717) is 19.0 Å². The molecule has 2 rings (SSSR count). The molecular formula is C18H31F2N3O. The molecule has 2 aliphatic heterocycles. The Kier molecular flexibility index (Phi) is 7.34. The molecule has 4 nitrogen and oxygen atoms in total. The van der Waals surface area contributed by atoms with Gasteiger partial charge in [-0.1, -0.05) is 19.1 Å². The Morgan fingerprint density at radius 3 is 2.67 bits per heavy atom. The van der Waals surface area contributed by atoms with E-state index in [1.807, 2.05) is 0 Å². The van der Waals surface area contributed by atoms with Gasteiger partial charge in [-0.25, -0.2) is 8.78 Å². The molecule has 0 aromatic rings. The summed E-state index contributed by atoms with van der Waals surface area (Å²) in [6.45, 7) is 7.28. The molecule has 24 heavy (non-hydrogen) atoms. The summed E-state index contributed by atoms with van der Waals surface area (Å²) >= 11 is 0. The van der Waals surface area contributed by atoms with Gasteiger partial charge in [0.15, 0.2) is 6.23 Å². The normalized spacial score (nSPS) is 28.0. The van der Waals surface area contributed by atoms with Crippen molar-refractivity contribution in [2.75, 3.05) is 32.7 Å². The minimum atomic E-state index is -3.11. The van der Waals surface area contributed by atoms with Crippen molar-refractivity contribution in [3.8, 4) is 0 Å². The molecule has 0 saturated carbocycles. The van der Waals surface area contributed by atoms with Crippen LogP contribution in [0.3, 0.4) is 0 Å². The number of likely N-dealkylation sites (tertiary alicyclic amines) is 1. The van der Waals surface area contributed by atoms with E-state index in [-0.39, 0.29) is 0 Å². The van der Waals surface area contributed by atoms with Crippen LogP contribution in [0, 0.1) is 0 Å². The lowest BCUT2D eigenvalue weighted by Crippen LogP contribution is -2.44. The van der Waals surface area contributed by atoms with E-state index < -0.39 is 12.2 Å². The first-order valence-corrected chi connectivity index (χ1v) is 9.04. The number of aliphatic hydroxyl groups is 1. The first-order valence-electron chi connectivity index (χ1n) is 9.04. The van der Waals surface area contributed by atoms with E-state index in [2.05, 4.69) is 34.6 Å². The molecule has 0 aromatic carbocycles. The first-order chi connectivity index (χ1) is 11.4. The summed E-state index contributed by atoms with van der Waals surface area (Å²) in [6.07, 6.45) is 6.72. The summed E-state index contributed by atoms with van der Waals surface area (Å²) in [5, 5.41) is 15.3. The quantitative estimate of drug-likeness (QED) is 0.490. The van der Waals surface area contributed by atoms with Crippen LogP contribution in [0.2, 0.25) is 0 Å². The second-order valence-corrected chi connectivity index (χ2v) is 6.87. The Hall–Kier alpha value is -0.820. The van der Waals surface area contributed by atoms with Gasteiger partial charge in [-0.15, -0.1) is 0 Å². The molecule has 0 aliphatic carbocycles. The number of rotatable bonds is 7. The maximum absolute atomic E-state index is 12.9. The monoisotopic (exact) mass is 343 g/mol. The van der Waals surface area contributed by atoms with Crippen LogP contribution in [-0.2, 0) is 0 Å². The highest BCUT2D eigenvalue weighted by Crippen LogP contribution is 2.26. The minimum Gasteiger partial charge on any atom is -0.372 e. The highest BCUT2D eigenvalue weighted by molar-refractivity contribution is 5.38. The van der Waals surface area contributed by atoms with Gasteiger partial charge in [0.25, 0.3) is 5.92 Å². The van der Waals surface area contributed by atoms with E-state index in [1.54, 1.807) is 0 Å². The lowest BCUT2D eigenvalue weighted by Gasteiger charge is -2.30. The largest absolute Gasteiger partial charge is 0.372 e. The third-order valence-corrected chi connectivity index (χ3v) is 4.75. The number of hydrogen-bond donors (Lipinski definition) is 3. The summed E-state index contributed by atoms with van der Waals surface area (Å²) < 4.78 is 25.8. The molecular weight excluding hydrogens is 312 g/mol. The van der Waals surface area contributed by atoms with Crippen molar-refractivity contribution in [3.05, 3.63) is 23.3 Å². The molecule has 2 heterocycles. The van der Waals surface area contributed by atoms with Crippen molar-refractivity contribution in [2.24, 2.45) is 0 Å². The summed E-state index contributed by atoms with van der Waals surface area (Å²) in [5.74, 6) is -3.11. The second-order valence-electron chi connectivity index (χ2n) is 6.87. The maximum Gasteiger partial charge on any atom is 0.283 e. The topological polar surface area (TPSA) is 47.5 Å². The smallest absolute Gasteiger partial charge is 0.283 e. The zero-order chi connectivity index (χ0) is 17.6. The molecule has 0 spiro atoms. The highest BCUT2D eigenvalue weighted by Gasteiger charge is 2.31. The van der Waals surface area contributed by atoms with Gasteiger partial charge in [-0.05, 0) is 43.4 Å². The van der Waals surface area contributed by atoms with E-state index in [4.69, 9.17) is 0 Å². The van der Waals surface area contributed by atoms with Crippen molar-refractivity contribution >= 4 is 0 Å². The number of piperidine rings is 1. The fourth-order valence-corrected chi connectivity index (χ4v) is 3.38. The van der Waals surface area contributed by atoms with E-state index in [0.717, 1.165) is 39.5 Å². The van der Waals surface area contributed by atoms with Gasteiger partial charge >= 0.3 is 0 Å². The number of nitrogens with one attached hydrogen (secondary N) is 2. The molecule has 2 unspecified atom stereocenters. The van der Waals surface area contributed by atoms with Crippen LogP contribution in [0.4, 0.5) is 8.78 Å². The zero-order valence-electron chi connectivity index (χ0n) is 14.8. The summed E-state index contributed by atoms with van der Waals surface area (Å²) in [5.41, 5.74) is 2.67. The van der Waals surface area contributed by atoms with Crippen molar-refractivity contribution in [1.29, 1.82) is 0 Å². The summed E-state index contributed by atoms with van der Waals surface area (Å²) in [7, 11) is 0. The number of aliphatic hydroxyl groups excluding tert-OH is 1. The molecule has 3 N–H and O–H groups in total. The molecule has 2 atom stereocenters. The Bertz CT molecular complexity index is 454. The Morgan fingerprint density at radius 1 is 1.38 bits per heavy atom. The van der Waals surface area contributed by atoms with Crippen LogP contribution >= 0.6 is 0 Å². The molecule has 0 aromatic heterocycles. The van der Waals surface area contributed by atoms with Gasteiger partial charge in [-0.2, -0.15) is 0 Å². The molecule has 2 saturated heterocycles. The predicted octanol–water partition coefficient (Wildman–Crippen LogP) is 2.27.